The van der Waals surface area contributed by atoms with E-state index in [-0.39, 0.29) is 5.82 Å². The van der Waals surface area contributed by atoms with E-state index in [1.807, 2.05) is 0 Å². The van der Waals surface area contributed by atoms with Crippen molar-refractivity contribution in [2.45, 2.75) is 38.1 Å². The highest BCUT2D eigenvalue weighted by Gasteiger charge is 2.20. The summed E-state index contributed by atoms with van der Waals surface area (Å²) >= 11 is 6.01. The van der Waals surface area contributed by atoms with Gasteiger partial charge in [-0.2, -0.15) is 0 Å². The maximum Gasteiger partial charge on any atom is 0.127 e. The first kappa shape index (κ1) is 11.9. The largest absolute Gasteiger partial charge is 0.328 e. The second kappa shape index (κ2) is 5.15. The van der Waals surface area contributed by atoms with Gasteiger partial charge in [0.05, 0.1) is 0 Å². The molecule has 16 heavy (non-hydrogen) atoms. The molecular formula is C13H17ClFN. The van der Waals surface area contributed by atoms with Crippen molar-refractivity contribution in [1.29, 1.82) is 0 Å². The second-order valence-electron chi connectivity index (χ2n) is 4.69. The third kappa shape index (κ3) is 2.74. The Bertz CT molecular complexity index is 339. The minimum atomic E-state index is -0.178. The molecule has 0 spiro atoms. The summed E-state index contributed by atoms with van der Waals surface area (Å²) in [5, 5.41) is 0.551. The van der Waals surface area contributed by atoms with Crippen molar-refractivity contribution in [3.63, 3.8) is 0 Å². The first-order valence-corrected chi connectivity index (χ1v) is 6.23. The van der Waals surface area contributed by atoms with Gasteiger partial charge in [0.25, 0.3) is 0 Å². The van der Waals surface area contributed by atoms with Gasteiger partial charge in [-0.15, -0.1) is 0 Å². The normalized spacial score (nSPS) is 25.7. The molecule has 0 bridgehead atoms. The van der Waals surface area contributed by atoms with Crippen LogP contribution in [0.3, 0.4) is 0 Å². The fourth-order valence-corrected chi connectivity index (χ4v) is 2.65. The maximum absolute atomic E-state index is 13.6. The van der Waals surface area contributed by atoms with Gasteiger partial charge < -0.3 is 5.73 Å². The van der Waals surface area contributed by atoms with E-state index in [9.17, 15) is 4.39 Å². The van der Waals surface area contributed by atoms with Gasteiger partial charge >= 0.3 is 0 Å². The molecule has 1 nitrogen and oxygen atoms in total. The number of hydrogen-bond acceptors (Lipinski definition) is 1. The quantitative estimate of drug-likeness (QED) is 0.842. The standard InChI is InChI=1S/C13H17ClFN/c14-12-2-1-3-13(15)11(12)8-9-4-6-10(16)7-5-9/h1-3,9-10H,4-8,16H2. The molecule has 3 heteroatoms. The van der Waals surface area contributed by atoms with Crippen LogP contribution in [-0.2, 0) is 6.42 Å². The van der Waals surface area contributed by atoms with E-state index in [0.29, 0.717) is 22.5 Å². The van der Waals surface area contributed by atoms with Crippen molar-refractivity contribution < 1.29 is 4.39 Å². The summed E-state index contributed by atoms with van der Waals surface area (Å²) in [6, 6.07) is 5.23. The monoisotopic (exact) mass is 241 g/mol. The third-order valence-corrected chi connectivity index (χ3v) is 3.80. The summed E-state index contributed by atoms with van der Waals surface area (Å²) in [6.45, 7) is 0. The number of hydrogen-bond donors (Lipinski definition) is 1. The maximum atomic E-state index is 13.6. The number of rotatable bonds is 2. The Morgan fingerprint density at radius 3 is 2.56 bits per heavy atom. The molecule has 1 aliphatic carbocycles. The highest BCUT2D eigenvalue weighted by molar-refractivity contribution is 6.31. The lowest BCUT2D eigenvalue weighted by molar-refractivity contribution is 0.322. The summed E-state index contributed by atoms with van der Waals surface area (Å²) in [4.78, 5) is 0. The minimum Gasteiger partial charge on any atom is -0.328 e. The van der Waals surface area contributed by atoms with Crippen LogP contribution in [0.2, 0.25) is 5.02 Å². The zero-order chi connectivity index (χ0) is 11.5. The molecule has 0 amide bonds. The second-order valence-corrected chi connectivity index (χ2v) is 5.09. The zero-order valence-electron chi connectivity index (χ0n) is 9.26. The molecular weight excluding hydrogens is 225 g/mol. The van der Waals surface area contributed by atoms with E-state index in [4.69, 9.17) is 17.3 Å². The Kier molecular flexibility index (Phi) is 3.82. The average molecular weight is 242 g/mol. The molecule has 88 valence electrons. The predicted octanol–water partition coefficient (Wildman–Crippen LogP) is 3.54. The Labute approximate surface area is 101 Å². The zero-order valence-corrected chi connectivity index (χ0v) is 10.0. The molecule has 0 saturated heterocycles. The van der Waals surface area contributed by atoms with Crippen molar-refractivity contribution >= 4 is 11.6 Å². The number of halogens is 2. The third-order valence-electron chi connectivity index (χ3n) is 3.45. The van der Waals surface area contributed by atoms with Crippen molar-refractivity contribution in [3.05, 3.63) is 34.6 Å². The topological polar surface area (TPSA) is 26.0 Å². The van der Waals surface area contributed by atoms with Crippen LogP contribution in [0.25, 0.3) is 0 Å². The van der Waals surface area contributed by atoms with Gasteiger partial charge in [-0.05, 0) is 50.2 Å². The molecule has 1 aliphatic rings. The molecule has 1 aromatic rings. The smallest absolute Gasteiger partial charge is 0.127 e. The van der Waals surface area contributed by atoms with Gasteiger partial charge in [0, 0.05) is 16.6 Å². The SMILES string of the molecule is NC1CCC(Cc2c(F)cccc2Cl)CC1. The summed E-state index contributed by atoms with van der Waals surface area (Å²) in [7, 11) is 0. The Hall–Kier alpha value is -0.600. The van der Waals surface area contributed by atoms with E-state index >= 15 is 0 Å². The summed E-state index contributed by atoms with van der Waals surface area (Å²) in [5.74, 6) is 0.358. The molecule has 0 heterocycles. The molecule has 1 saturated carbocycles. The molecule has 0 atom stereocenters. The molecule has 0 radical (unpaired) electrons. The molecule has 0 aliphatic heterocycles. The Morgan fingerprint density at radius 1 is 1.25 bits per heavy atom. The van der Waals surface area contributed by atoms with Crippen LogP contribution in [-0.4, -0.2) is 6.04 Å². The highest BCUT2D eigenvalue weighted by Crippen LogP contribution is 2.30. The Morgan fingerprint density at radius 2 is 1.94 bits per heavy atom. The minimum absolute atomic E-state index is 0.178. The molecule has 1 fully saturated rings. The van der Waals surface area contributed by atoms with Crippen LogP contribution >= 0.6 is 11.6 Å². The van der Waals surface area contributed by atoms with Crippen molar-refractivity contribution in [2.75, 3.05) is 0 Å². The van der Waals surface area contributed by atoms with E-state index in [1.165, 1.54) is 6.07 Å². The molecule has 2 rings (SSSR count). The lowest BCUT2D eigenvalue weighted by Crippen LogP contribution is -2.27. The van der Waals surface area contributed by atoms with Crippen LogP contribution in [0.1, 0.15) is 31.2 Å². The number of benzene rings is 1. The van der Waals surface area contributed by atoms with Crippen molar-refractivity contribution in [2.24, 2.45) is 11.7 Å². The van der Waals surface area contributed by atoms with E-state index in [2.05, 4.69) is 0 Å². The fourth-order valence-electron chi connectivity index (χ4n) is 2.41. The van der Waals surface area contributed by atoms with Crippen molar-refractivity contribution in [3.8, 4) is 0 Å². The van der Waals surface area contributed by atoms with Crippen LogP contribution in [0, 0.1) is 11.7 Å². The summed E-state index contributed by atoms with van der Waals surface area (Å²) in [6.07, 6.45) is 5.03. The van der Waals surface area contributed by atoms with Crippen LogP contribution in [0.4, 0.5) is 4.39 Å². The van der Waals surface area contributed by atoms with Gasteiger partial charge in [-0.3, -0.25) is 0 Å². The number of nitrogens with two attached hydrogens (primary N) is 1. The lowest BCUT2D eigenvalue weighted by Gasteiger charge is -2.26. The van der Waals surface area contributed by atoms with Crippen LogP contribution in [0.5, 0.6) is 0 Å². The van der Waals surface area contributed by atoms with Gasteiger partial charge in [0.1, 0.15) is 5.82 Å². The molecule has 2 N–H and O–H groups in total. The summed E-state index contributed by atoms with van der Waals surface area (Å²) < 4.78 is 13.6. The Balaban J connectivity index is 2.04. The van der Waals surface area contributed by atoms with Crippen molar-refractivity contribution in [1.82, 2.24) is 0 Å². The average Bonchev–Trinajstić information content (AvgIpc) is 2.26. The van der Waals surface area contributed by atoms with Gasteiger partial charge in [-0.1, -0.05) is 17.7 Å². The lowest BCUT2D eigenvalue weighted by atomic mass is 9.82. The molecule has 0 aromatic heterocycles. The van der Waals surface area contributed by atoms with Gasteiger partial charge in [-0.25, -0.2) is 4.39 Å². The fraction of sp³-hybridized carbons (Fsp3) is 0.538. The highest BCUT2D eigenvalue weighted by atomic mass is 35.5. The first-order chi connectivity index (χ1) is 7.66. The molecule has 1 aromatic carbocycles. The van der Waals surface area contributed by atoms with E-state index in [1.54, 1.807) is 12.1 Å². The van der Waals surface area contributed by atoms with E-state index < -0.39 is 0 Å². The molecule has 0 unspecified atom stereocenters. The van der Waals surface area contributed by atoms with Crippen LogP contribution < -0.4 is 5.73 Å². The van der Waals surface area contributed by atoms with Crippen LogP contribution in [0.15, 0.2) is 18.2 Å². The van der Waals surface area contributed by atoms with Gasteiger partial charge in [0.15, 0.2) is 0 Å². The van der Waals surface area contributed by atoms with Gasteiger partial charge in [0.2, 0.25) is 0 Å². The van der Waals surface area contributed by atoms with E-state index in [0.717, 1.165) is 32.1 Å². The first-order valence-electron chi connectivity index (χ1n) is 5.85. The predicted molar refractivity (Wildman–Crippen MR) is 65.0 cm³/mol. The summed E-state index contributed by atoms with van der Waals surface area (Å²) in [5.41, 5.74) is 6.52.